The molecule has 6 nitrogen and oxygen atoms in total. The third kappa shape index (κ3) is 5.94. The standard InChI is InChI=1S/C20H31NO5S/c1-15-7-9-17(10-8-15)27(23,24)25-14-16-11-12-21(20(5,6)13-16)18(22)26-19(2,3)4/h7-10,16H,11-14H2,1-6H3. The van der Waals surface area contributed by atoms with Crippen molar-refractivity contribution in [2.75, 3.05) is 13.2 Å². The maximum atomic E-state index is 12.4. The molecule has 27 heavy (non-hydrogen) atoms. The van der Waals surface area contributed by atoms with Crippen molar-refractivity contribution in [2.45, 2.75) is 70.4 Å². The summed E-state index contributed by atoms with van der Waals surface area (Å²) < 4.78 is 35.5. The van der Waals surface area contributed by atoms with E-state index in [1.54, 1.807) is 29.2 Å². The quantitative estimate of drug-likeness (QED) is 0.715. The average Bonchev–Trinajstić information content (AvgIpc) is 2.51. The van der Waals surface area contributed by atoms with Gasteiger partial charge in [0.1, 0.15) is 5.60 Å². The van der Waals surface area contributed by atoms with Crippen LogP contribution in [0.2, 0.25) is 0 Å². The molecule has 1 amide bonds. The third-order valence-corrected chi connectivity index (χ3v) is 5.96. The van der Waals surface area contributed by atoms with Crippen LogP contribution in [0, 0.1) is 12.8 Å². The van der Waals surface area contributed by atoms with Crippen molar-refractivity contribution in [1.29, 1.82) is 0 Å². The van der Waals surface area contributed by atoms with E-state index >= 15 is 0 Å². The molecule has 0 bridgehead atoms. The molecule has 1 aromatic rings. The number of nitrogens with zero attached hydrogens (tertiary/aromatic N) is 1. The summed E-state index contributed by atoms with van der Waals surface area (Å²) in [5, 5.41) is 0. The minimum Gasteiger partial charge on any atom is -0.444 e. The Morgan fingerprint density at radius 1 is 1.22 bits per heavy atom. The van der Waals surface area contributed by atoms with Gasteiger partial charge in [0.05, 0.1) is 11.5 Å². The van der Waals surface area contributed by atoms with E-state index in [9.17, 15) is 13.2 Å². The molecule has 1 fully saturated rings. The van der Waals surface area contributed by atoms with E-state index in [2.05, 4.69) is 0 Å². The Bertz CT molecular complexity index is 763. The summed E-state index contributed by atoms with van der Waals surface area (Å²) in [4.78, 5) is 14.3. The fourth-order valence-corrected chi connectivity index (χ4v) is 4.27. The lowest BCUT2D eigenvalue weighted by atomic mass is 9.83. The zero-order valence-corrected chi connectivity index (χ0v) is 17.9. The molecule has 0 radical (unpaired) electrons. The Labute approximate surface area is 163 Å². The minimum atomic E-state index is -3.77. The van der Waals surface area contributed by atoms with Gasteiger partial charge >= 0.3 is 6.09 Å². The number of hydrogen-bond acceptors (Lipinski definition) is 5. The minimum absolute atomic E-state index is 0.0545. The van der Waals surface area contributed by atoms with Gasteiger partial charge < -0.3 is 9.64 Å². The molecule has 0 spiro atoms. The van der Waals surface area contributed by atoms with Crippen molar-refractivity contribution in [2.24, 2.45) is 5.92 Å². The van der Waals surface area contributed by atoms with Crippen molar-refractivity contribution in [3.63, 3.8) is 0 Å². The average molecular weight is 398 g/mol. The summed E-state index contributed by atoms with van der Waals surface area (Å²) in [7, 11) is -3.77. The van der Waals surface area contributed by atoms with E-state index in [0.717, 1.165) is 5.56 Å². The van der Waals surface area contributed by atoms with Gasteiger partial charge in [0, 0.05) is 12.1 Å². The van der Waals surface area contributed by atoms with Gasteiger partial charge in [0.2, 0.25) is 0 Å². The van der Waals surface area contributed by atoms with Crippen LogP contribution in [0.5, 0.6) is 0 Å². The first-order valence-electron chi connectivity index (χ1n) is 9.27. The van der Waals surface area contributed by atoms with E-state index < -0.39 is 21.3 Å². The van der Waals surface area contributed by atoms with Crippen LogP contribution in [-0.2, 0) is 19.0 Å². The van der Waals surface area contributed by atoms with Crippen LogP contribution in [0.4, 0.5) is 4.79 Å². The summed E-state index contributed by atoms with van der Waals surface area (Å²) >= 11 is 0. The van der Waals surface area contributed by atoms with Crippen molar-refractivity contribution in [3.8, 4) is 0 Å². The molecular weight excluding hydrogens is 366 g/mol. The number of hydrogen-bond donors (Lipinski definition) is 0. The van der Waals surface area contributed by atoms with Gasteiger partial charge in [-0.3, -0.25) is 4.18 Å². The molecular formula is C20H31NO5S. The maximum absolute atomic E-state index is 12.4. The third-order valence-electron chi connectivity index (χ3n) is 4.66. The van der Waals surface area contributed by atoms with Crippen LogP contribution < -0.4 is 0 Å². The highest BCUT2D eigenvalue weighted by Crippen LogP contribution is 2.33. The van der Waals surface area contributed by atoms with Crippen LogP contribution in [-0.4, -0.2) is 43.7 Å². The summed E-state index contributed by atoms with van der Waals surface area (Å²) in [6.45, 7) is 12.0. The molecule has 0 aromatic heterocycles. The van der Waals surface area contributed by atoms with Crippen LogP contribution in [0.15, 0.2) is 29.2 Å². The van der Waals surface area contributed by atoms with Gasteiger partial charge in [0.15, 0.2) is 0 Å². The highest BCUT2D eigenvalue weighted by molar-refractivity contribution is 7.86. The Morgan fingerprint density at radius 3 is 2.33 bits per heavy atom. The van der Waals surface area contributed by atoms with Crippen LogP contribution in [0.3, 0.4) is 0 Å². The summed E-state index contributed by atoms with van der Waals surface area (Å²) in [6.07, 6.45) is 0.987. The smallest absolute Gasteiger partial charge is 0.410 e. The highest BCUT2D eigenvalue weighted by atomic mass is 32.2. The number of likely N-dealkylation sites (tertiary alicyclic amines) is 1. The molecule has 7 heteroatoms. The largest absolute Gasteiger partial charge is 0.444 e. The SMILES string of the molecule is Cc1ccc(S(=O)(=O)OCC2CCN(C(=O)OC(C)(C)C)C(C)(C)C2)cc1. The van der Waals surface area contributed by atoms with Gasteiger partial charge in [0.25, 0.3) is 10.1 Å². The lowest BCUT2D eigenvalue weighted by molar-refractivity contribution is -0.0185. The van der Waals surface area contributed by atoms with E-state index in [-0.39, 0.29) is 23.5 Å². The Balaban J connectivity index is 1.97. The number of piperidine rings is 1. The highest BCUT2D eigenvalue weighted by Gasteiger charge is 2.40. The zero-order valence-electron chi connectivity index (χ0n) is 17.1. The van der Waals surface area contributed by atoms with E-state index in [4.69, 9.17) is 8.92 Å². The second-order valence-corrected chi connectivity index (χ2v) is 10.5. The van der Waals surface area contributed by atoms with Gasteiger partial charge in [-0.1, -0.05) is 17.7 Å². The molecule has 1 aromatic carbocycles. The number of rotatable bonds is 4. The second-order valence-electron chi connectivity index (χ2n) is 8.85. The van der Waals surface area contributed by atoms with Crippen molar-refractivity contribution in [1.82, 2.24) is 4.90 Å². The molecule has 1 aliphatic rings. The fraction of sp³-hybridized carbons (Fsp3) is 0.650. The zero-order chi connectivity index (χ0) is 20.5. The first-order valence-corrected chi connectivity index (χ1v) is 10.7. The molecule has 0 saturated carbocycles. The summed E-state index contributed by atoms with van der Waals surface area (Å²) in [5.74, 6) is 0.0545. The maximum Gasteiger partial charge on any atom is 0.410 e. The fourth-order valence-electron chi connectivity index (χ4n) is 3.29. The lowest BCUT2D eigenvalue weighted by Crippen LogP contribution is -2.54. The predicted molar refractivity (Wildman–Crippen MR) is 104 cm³/mol. The second kappa shape index (κ2) is 7.80. The molecule has 1 saturated heterocycles. The van der Waals surface area contributed by atoms with Crippen molar-refractivity contribution in [3.05, 3.63) is 29.8 Å². The van der Waals surface area contributed by atoms with Gasteiger partial charge in [-0.2, -0.15) is 8.42 Å². The van der Waals surface area contributed by atoms with Crippen LogP contribution in [0.1, 0.15) is 53.0 Å². The molecule has 1 atom stereocenters. The number of carbonyl (C=O) groups is 1. The van der Waals surface area contributed by atoms with E-state index in [0.29, 0.717) is 19.4 Å². The molecule has 152 valence electrons. The van der Waals surface area contributed by atoms with Crippen LogP contribution >= 0.6 is 0 Å². The Kier molecular flexibility index (Phi) is 6.26. The lowest BCUT2D eigenvalue weighted by Gasteiger charge is -2.45. The van der Waals surface area contributed by atoms with Crippen LogP contribution in [0.25, 0.3) is 0 Å². The topological polar surface area (TPSA) is 72.9 Å². The summed E-state index contributed by atoms with van der Waals surface area (Å²) in [5.41, 5.74) is 0.0162. The van der Waals surface area contributed by atoms with E-state index in [1.165, 1.54) is 0 Å². The number of carbonyl (C=O) groups excluding carboxylic acids is 1. The molecule has 0 N–H and O–H groups in total. The molecule has 2 rings (SSSR count). The first kappa shape index (κ1) is 21.7. The number of benzene rings is 1. The molecule has 0 aliphatic carbocycles. The monoisotopic (exact) mass is 397 g/mol. The number of ether oxygens (including phenoxy) is 1. The normalized spacial score (nSPS) is 20.4. The molecule has 1 unspecified atom stereocenters. The number of aryl methyl sites for hydroxylation is 1. The molecule has 1 aliphatic heterocycles. The van der Waals surface area contributed by atoms with Crippen molar-refractivity contribution < 1.29 is 22.1 Å². The predicted octanol–water partition coefficient (Wildman–Crippen LogP) is 4.13. The Hall–Kier alpha value is -1.60. The molecule has 1 heterocycles. The first-order chi connectivity index (χ1) is 12.3. The van der Waals surface area contributed by atoms with Gasteiger partial charge in [-0.25, -0.2) is 4.79 Å². The summed E-state index contributed by atoms with van der Waals surface area (Å²) in [6, 6.07) is 6.61. The Morgan fingerprint density at radius 2 is 1.81 bits per heavy atom. The number of amides is 1. The van der Waals surface area contributed by atoms with Crippen molar-refractivity contribution >= 4 is 16.2 Å². The van der Waals surface area contributed by atoms with Gasteiger partial charge in [-0.15, -0.1) is 0 Å². The van der Waals surface area contributed by atoms with E-state index in [1.807, 2.05) is 41.5 Å². The van der Waals surface area contributed by atoms with Gasteiger partial charge in [-0.05, 0) is 72.4 Å².